The van der Waals surface area contributed by atoms with Crippen molar-refractivity contribution in [1.82, 2.24) is 19.9 Å². The lowest BCUT2D eigenvalue weighted by molar-refractivity contribution is 0.973. The summed E-state index contributed by atoms with van der Waals surface area (Å²) in [6, 6.07) is 14.3. The Kier molecular flexibility index (Phi) is 4.96. The summed E-state index contributed by atoms with van der Waals surface area (Å²) in [7, 11) is 0. The Labute approximate surface area is 158 Å². The number of hydrogen-bond acceptors (Lipinski definition) is 5. The van der Waals surface area contributed by atoms with Crippen molar-refractivity contribution in [3.8, 4) is 0 Å². The van der Waals surface area contributed by atoms with Crippen molar-refractivity contribution < 1.29 is 0 Å². The van der Waals surface area contributed by atoms with Gasteiger partial charge in [0.15, 0.2) is 0 Å². The number of anilines is 2. The van der Waals surface area contributed by atoms with Crippen LogP contribution >= 0.6 is 0 Å². The van der Waals surface area contributed by atoms with Crippen LogP contribution in [0, 0.1) is 6.92 Å². The SMILES string of the molecule is Cc1cc(NCc2cccnc2)nc(NCCc2c[nH]c3ccccc23)n1. The lowest BCUT2D eigenvalue weighted by Crippen LogP contribution is -2.10. The minimum atomic E-state index is 0.642. The fourth-order valence-corrected chi connectivity index (χ4v) is 3.08. The van der Waals surface area contributed by atoms with Gasteiger partial charge in [-0.15, -0.1) is 0 Å². The maximum atomic E-state index is 4.57. The zero-order valence-electron chi connectivity index (χ0n) is 15.2. The molecule has 0 fully saturated rings. The van der Waals surface area contributed by atoms with Crippen molar-refractivity contribution in [3.05, 3.63) is 77.9 Å². The van der Waals surface area contributed by atoms with Crippen molar-refractivity contribution in [1.29, 1.82) is 0 Å². The smallest absolute Gasteiger partial charge is 0.224 e. The van der Waals surface area contributed by atoms with Gasteiger partial charge in [-0.3, -0.25) is 4.98 Å². The first-order valence-electron chi connectivity index (χ1n) is 9.05. The molecule has 0 aliphatic heterocycles. The third-order valence-electron chi connectivity index (χ3n) is 4.40. The predicted octanol–water partition coefficient (Wildman–Crippen LogP) is 3.93. The van der Waals surface area contributed by atoms with E-state index in [0.717, 1.165) is 30.0 Å². The second kappa shape index (κ2) is 7.86. The molecule has 6 nitrogen and oxygen atoms in total. The van der Waals surface area contributed by atoms with E-state index in [2.05, 4.69) is 55.0 Å². The maximum Gasteiger partial charge on any atom is 0.224 e. The molecule has 0 aliphatic carbocycles. The molecule has 4 rings (SSSR count). The lowest BCUT2D eigenvalue weighted by atomic mass is 10.1. The molecular formula is C21H22N6. The van der Waals surface area contributed by atoms with Crippen LogP contribution in [0.1, 0.15) is 16.8 Å². The van der Waals surface area contributed by atoms with Crippen LogP contribution in [0.4, 0.5) is 11.8 Å². The van der Waals surface area contributed by atoms with E-state index in [1.54, 1.807) is 6.20 Å². The average molecular weight is 358 g/mol. The Morgan fingerprint density at radius 1 is 1.04 bits per heavy atom. The quantitative estimate of drug-likeness (QED) is 0.466. The van der Waals surface area contributed by atoms with Crippen molar-refractivity contribution >= 4 is 22.7 Å². The van der Waals surface area contributed by atoms with E-state index >= 15 is 0 Å². The number of pyridine rings is 1. The zero-order chi connectivity index (χ0) is 18.5. The third-order valence-corrected chi connectivity index (χ3v) is 4.40. The number of aromatic nitrogens is 4. The first-order valence-corrected chi connectivity index (χ1v) is 9.05. The van der Waals surface area contributed by atoms with Crippen LogP contribution < -0.4 is 10.6 Å². The number of aryl methyl sites for hydroxylation is 1. The summed E-state index contributed by atoms with van der Waals surface area (Å²) in [4.78, 5) is 16.5. The van der Waals surface area contributed by atoms with Crippen LogP contribution in [0.15, 0.2) is 61.1 Å². The van der Waals surface area contributed by atoms with Crippen molar-refractivity contribution in [2.24, 2.45) is 0 Å². The topological polar surface area (TPSA) is 78.5 Å². The van der Waals surface area contributed by atoms with Gasteiger partial charge in [-0.05, 0) is 36.6 Å². The summed E-state index contributed by atoms with van der Waals surface area (Å²) in [6.07, 6.45) is 6.60. The highest BCUT2D eigenvalue weighted by atomic mass is 15.1. The monoisotopic (exact) mass is 358 g/mol. The highest BCUT2D eigenvalue weighted by Crippen LogP contribution is 2.18. The molecule has 0 radical (unpaired) electrons. The largest absolute Gasteiger partial charge is 0.366 e. The van der Waals surface area contributed by atoms with Gasteiger partial charge >= 0.3 is 0 Å². The lowest BCUT2D eigenvalue weighted by Gasteiger charge is -2.10. The molecule has 0 saturated heterocycles. The normalized spacial score (nSPS) is 10.9. The molecule has 0 aliphatic rings. The van der Waals surface area contributed by atoms with Gasteiger partial charge in [0.1, 0.15) is 5.82 Å². The van der Waals surface area contributed by atoms with Crippen molar-refractivity contribution in [2.45, 2.75) is 19.9 Å². The molecule has 0 unspecified atom stereocenters. The number of rotatable bonds is 7. The number of H-pyrrole nitrogens is 1. The summed E-state index contributed by atoms with van der Waals surface area (Å²) in [6.45, 7) is 3.42. The minimum Gasteiger partial charge on any atom is -0.366 e. The van der Waals surface area contributed by atoms with Gasteiger partial charge in [-0.25, -0.2) is 4.98 Å². The van der Waals surface area contributed by atoms with E-state index in [4.69, 9.17) is 0 Å². The Balaban J connectivity index is 1.38. The summed E-state index contributed by atoms with van der Waals surface area (Å²) in [5.41, 5.74) is 4.50. The first kappa shape index (κ1) is 17.0. The third kappa shape index (κ3) is 4.23. The molecule has 0 bridgehead atoms. The second-order valence-corrected chi connectivity index (χ2v) is 6.47. The van der Waals surface area contributed by atoms with E-state index in [1.165, 1.54) is 16.5 Å². The minimum absolute atomic E-state index is 0.642. The molecule has 27 heavy (non-hydrogen) atoms. The average Bonchev–Trinajstić information content (AvgIpc) is 3.10. The van der Waals surface area contributed by atoms with Crippen LogP contribution in [0.3, 0.4) is 0 Å². The van der Waals surface area contributed by atoms with Gasteiger partial charge in [-0.2, -0.15) is 4.98 Å². The summed E-state index contributed by atoms with van der Waals surface area (Å²) in [5.74, 6) is 1.45. The number of aromatic amines is 1. The number of nitrogens with one attached hydrogen (secondary N) is 3. The van der Waals surface area contributed by atoms with Crippen molar-refractivity contribution in [3.63, 3.8) is 0 Å². The van der Waals surface area contributed by atoms with E-state index in [-0.39, 0.29) is 0 Å². The molecule has 3 N–H and O–H groups in total. The first-order chi connectivity index (χ1) is 13.3. The second-order valence-electron chi connectivity index (χ2n) is 6.47. The fraction of sp³-hybridized carbons (Fsp3) is 0.190. The van der Waals surface area contributed by atoms with E-state index in [0.29, 0.717) is 12.5 Å². The molecule has 0 spiro atoms. The Bertz CT molecular complexity index is 1030. The number of fused-ring (bicyclic) bond motifs is 1. The molecule has 0 amide bonds. The molecule has 1 aromatic carbocycles. The summed E-state index contributed by atoms with van der Waals surface area (Å²) >= 11 is 0. The maximum absolute atomic E-state index is 4.57. The van der Waals surface area contributed by atoms with Gasteiger partial charge in [-0.1, -0.05) is 24.3 Å². The van der Waals surface area contributed by atoms with E-state index in [9.17, 15) is 0 Å². The molecule has 3 heterocycles. The van der Waals surface area contributed by atoms with Gasteiger partial charge in [0.25, 0.3) is 0 Å². The zero-order valence-corrected chi connectivity index (χ0v) is 15.2. The summed E-state index contributed by atoms with van der Waals surface area (Å²) < 4.78 is 0. The van der Waals surface area contributed by atoms with Gasteiger partial charge < -0.3 is 15.6 Å². The molecule has 0 saturated carbocycles. The molecule has 3 aromatic heterocycles. The van der Waals surface area contributed by atoms with E-state index in [1.807, 2.05) is 37.4 Å². The Morgan fingerprint density at radius 2 is 1.96 bits per heavy atom. The van der Waals surface area contributed by atoms with E-state index < -0.39 is 0 Å². The van der Waals surface area contributed by atoms with Gasteiger partial charge in [0.2, 0.25) is 5.95 Å². The Hall–Kier alpha value is -3.41. The highest BCUT2D eigenvalue weighted by molar-refractivity contribution is 5.83. The molecule has 4 aromatic rings. The van der Waals surface area contributed by atoms with Gasteiger partial charge in [0.05, 0.1) is 0 Å². The van der Waals surface area contributed by atoms with Crippen LogP contribution in [0.2, 0.25) is 0 Å². The van der Waals surface area contributed by atoms with Crippen LogP contribution in [-0.4, -0.2) is 26.5 Å². The van der Waals surface area contributed by atoms with Crippen molar-refractivity contribution in [2.75, 3.05) is 17.2 Å². The molecule has 136 valence electrons. The molecule has 0 atom stereocenters. The number of benzene rings is 1. The molecular weight excluding hydrogens is 336 g/mol. The Morgan fingerprint density at radius 3 is 2.85 bits per heavy atom. The predicted molar refractivity (Wildman–Crippen MR) is 109 cm³/mol. The van der Waals surface area contributed by atoms with Gasteiger partial charge in [0, 0.05) is 54.3 Å². The van der Waals surface area contributed by atoms with Crippen LogP contribution in [-0.2, 0) is 13.0 Å². The van der Waals surface area contributed by atoms with Crippen LogP contribution in [0.25, 0.3) is 10.9 Å². The fourth-order valence-electron chi connectivity index (χ4n) is 3.08. The van der Waals surface area contributed by atoms with Crippen LogP contribution in [0.5, 0.6) is 0 Å². The number of nitrogens with zero attached hydrogens (tertiary/aromatic N) is 3. The number of hydrogen-bond donors (Lipinski definition) is 3. The molecule has 6 heteroatoms. The summed E-state index contributed by atoms with van der Waals surface area (Å²) in [5, 5.41) is 7.94. The number of para-hydroxylation sites is 1. The highest BCUT2D eigenvalue weighted by Gasteiger charge is 2.05. The standard InChI is InChI=1S/C21H22N6/c1-15-11-20(25-13-16-5-4-9-22-12-16)27-21(26-15)23-10-8-17-14-24-19-7-3-2-6-18(17)19/h2-7,9,11-12,14,24H,8,10,13H2,1H3,(H2,23,25,26,27).